The zero-order valence-electron chi connectivity index (χ0n) is 8.86. The predicted molar refractivity (Wildman–Crippen MR) is 52.7 cm³/mol. The molecule has 0 aromatic rings. The molecule has 2 atom stereocenters. The van der Waals surface area contributed by atoms with Gasteiger partial charge in [-0.1, -0.05) is 0 Å². The second kappa shape index (κ2) is 5.32. The molecule has 0 aromatic heterocycles. The van der Waals surface area contributed by atoms with Gasteiger partial charge < -0.3 is 15.2 Å². The Hall–Kier alpha value is -0.610. The summed E-state index contributed by atoms with van der Waals surface area (Å²) in [6, 6.07) is -0.541. The van der Waals surface area contributed by atoms with E-state index in [1.165, 1.54) is 12.8 Å². The summed E-state index contributed by atoms with van der Waals surface area (Å²) in [4.78, 5) is 11.2. The SMILES string of the molecule is CCOC(=O)C(N)CC(OC)C1CC1. The third-order valence-corrected chi connectivity index (χ3v) is 2.53. The largest absolute Gasteiger partial charge is 0.465 e. The van der Waals surface area contributed by atoms with Crippen LogP contribution in [0.2, 0.25) is 0 Å². The van der Waals surface area contributed by atoms with Gasteiger partial charge in [-0.25, -0.2) is 0 Å². The highest BCUT2D eigenvalue weighted by molar-refractivity contribution is 5.75. The van der Waals surface area contributed by atoms with E-state index in [1.54, 1.807) is 14.0 Å². The first-order chi connectivity index (χ1) is 6.69. The number of hydrogen-bond acceptors (Lipinski definition) is 4. The Bertz CT molecular complexity index is 192. The summed E-state index contributed by atoms with van der Waals surface area (Å²) >= 11 is 0. The maximum atomic E-state index is 11.2. The summed E-state index contributed by atoms with van der Waals surface area (Å²) < 4.78 is 10.1. The van der Waals surface area contributed by atoms with Crippen LogP contribution in [0.4, 0.5) is 0 Å². The van der Waals surface area contributed by atoms with Gasteiger partial charge in [0.2, 0.25) is 0 Å². The first kappa shape index (κ1) is 11.5. The van der Waals surface area contributed by atoms with Crippen molar-refractivity contribution in [2.24, 2.45) is 11.7 Å². The van der Waals surface area contributed by atoms with Crippen molar-refractivity contribution in [3.05, 3.63) is 0 Å². The highest BCUT2D eigenvalue weighted by atomic mass is 16.5. The van der Waals surface area contributed by atoms with Gasteiger partial charge >= 0.3 is 5.97 Å². The Morgan fingerprint density at radius 3 is 2.64 bits per heavy atom. The van der Waals surface area contributed by atoms with Crippen molar-refractivity contribution in [1.29, 1.82) is 0 Å². The van der Waals surface area contributed by atoms with Crippen LogP contribution in [-0.4, -0.2) is 31.8 Å². The maximum Gasteiger partial charge on any atom is 0.322 e. The second-order valence-electron chi connectivity index (χ2n) is 3.71. The van der Waals surface area contributed by atoms with Gasteiger partial charge in [0.1, 0.15) is 6.04 Å². The fourth-order valence-electron chi connectivity index (χ4n) is 1.54. The van der Waals surface area contributed by atoms with E-state index in [9.17, 15) is 4.79 Å². The third-order valence-electron chi connectivity index (χ3n) is 2.53. The van der Waals surface area contributed by atoms with Gasteiger partial charge in [-0.3, -0.25) is 4.79 Å². The Kier molecular flexibility index (Phi) is 4.35. The standard InChI is InChI=1S/C10H19NO3/c1-3-14-10(12)8(11)6-9(13-2)7-4-5-7/h7-9H,3-6,11H2,1-2H3. The number of esters is 1. The molecule has 2 unspecified atom stereocenters. The molecular weight excluding hydrogens is 182 g/mol. The Morgan fingerprint density at radius 1 is 1.57 bits per heavy atom. The molecule has 2 N–H and O–H groups in total. The molecule has 82 valence electrons. The van der Waals surface area contributed by atoms with Crippen LogP contribution in [0.3, 0.4) is 0 Å². The Labute approximate surface area is 84.7 Å². The van der Waals surface area contributed by atoms with Gasteiger partial charge in [0.05, 0.1) is 12.7 Å². The lowest BCUT2D eigenvalue weighted by atomic mass is 10.1. The molecule has 0 saturated heterocycles. The van der Waals surface area contributed by atoms with Gasteiger partial charge in [-0.05, 0) is 32.1 Å². The van der Waals surface area contributed by atoms with Gasteiger partial charge in [-0.2, -0.15) is 0 Å². The monoisotopic (exact) mass is 201 g/mol. The molecule has 0 heterocycles. The highest BCUT2D eigenvalue weighted by Crippen LogP contribution is 2.35. The lowest BCUT2D eigenvalue weighted by Gasteiger charge is -2.18. The lowest BCUT2D eigenvalue weighted by Crippen LogP contribution is -2.36. The van der Waals surface area contributed by atoms with E-state index in [2.05, 4.69) is 0 Å². The van der Waals surface area contributed by atoms with E-state index in [1.807, 2.05) is 0 Å². The minimum Gasteiger partial charge on any atom is -0.465 e. The normalized spacial score (nSPS) is 20.2. The highest BCUT2D eigenvalue weighted by Gasteiger charge is 2.33. The summed E-state index contributed by atoms with van der Waals surface area (Å²) in [7, 11) is 1.67. The molecule has 0 aromatic carbocycles. The molecule has 0 spiro atoms. The molecular formula is C10H19NO3. The molecule has 0 radical (unpaired) electrons. The van der Waals surface area contributed by atoms with E-state index < -0.39 is 6.04 Å². The van der Waals surface area contributed by atoms with Crippen LogP contribution in [0, 0.1) is 5.92 Å². The van der Waals surface area contributed by atoms with Crippen molar-refractivity contribution in [1.82, 2.24) is 0 Å². The van der Waals surface area contributed by atoms with Gasteiger partial charge in [0.15, 0.2) is 0 Å². The topological polar surface area (TPSA) is 61.5 Å². The van der Waals surface area contributed by atoms with Crippen LogP contribution in [0.1, 0.15) is 26.2 Å². The van der Waals surface area contributed by atoms with Crippen LogP contribution < -0.4 is 5.73 Å². The quantitative estimate of drug-likeness (QED) is 0.642. The summed E-state index contributed by atoms with van der Waals surface area (Å²) in [5, 5.41) is 0. The Balaban J connectivity index is 2.29. The van der Waals surface area contributed by atoms with Crippen LogP contribution in [0.5, 0.6) is 0 Å². The van der Waals surface area contributed by atoms with Crippen LogP contribution in [-0.2, 0) is 14.3 Å². The number of hydrogen-bond donors (Lipinski definition) is 1. The molecule has 4 nitrogen and oxygen atoms in total. The molecule has 1 saturated carbocycles. The van der Waals surface area contributed by atoms with Crippen molar-refractivity contribution in [2.45, 2.75) is 38.3 Å². The van der Waals surface area contributed by atoms with Crippen molar-refractivity contribution in [3.63, 3.8) is 0 Å². The average Bonchev–Trinajstić information content (AvgIpc) is 2.97. The molecule has 0 amide bonds. The second-order valence-corrected chi connectivity index (χ2v) is 3.71. The third kappa shape index (κ3) is 3.27. The summed E-state index contributed by atoms with van der Waals surface area (Å²) in [5.41, 5.74) is 5.69. The molecule has 0 bridgehead atoms. The number of carbonyl (C=O) groups excluding carboxylic acids is 1. The molecule has 0 aliphatic heterocycles. The van der Waals surface area contributed by atoms with Crippen molar-refractivity contribution < 1.29 is 14.3 Å². The maximum absolute atomic E-state index is 11.2. The molecule has 1 fully saturated rings. The number of methoxy groups -OCH3 is 1. The van der Waals surface area contributed by atoms with Crippen molar-refractivity contribution in [2.75, 3.05) is 13.7 Å². The first-order valence-corrected chi connectivity index (χ1v) is 5.14. The average molecular weight is 201 g/mol. The smallest absolute Gasteiger partial charge is 0.322 e. The fraction of sp³-hybridized carbons (Fsp3) is 0.900. The summed E-state index contributed by atoms with van der Waals surface area (Å²) in [5.74, 6) is 0.274. The van der Waals surface area contributed by atoms with E-state index in [0.717, 1.165) is 0 Å². The minimum atomic E-state index is -0.541. The molecule has 1 rings (SSSR count). The van der Waals surface area contributed by atoms with E-state index in [4.69, 9.17) is 15.2 Å². The van der Waals surface area contributed by atoms with Crippen LogP contribution in [0.15, 0.2) is 0 Å². The predicted octanol–water partition coefficient (Wildman–Crippen LogP) is 0.692. The number of ether oxygens (including phenoxy) is 2. The first-order valence-electron chi connectivity index (χ1n) is 5.14. The number of nitrogens with two attached hydrogens (primary N) is 1. The van der Waals surface area contributed by atoms with Crippen molar-refractivity contribution >= 4 is 5.97 Å². The fourth-order valence-corrected chi connectivity index (χ4v) is 1.54. The number of carbonyl (C=O) groups is 1. The zero-order chi connectivity index (χ0) is 10.6. The van der Waals surface area contributed by atoms with Crippen LogP contribution in [0.25, 0.3) is 0 Å². The van der Waals surface area contributed by atoms with Gasteiger partial charge in [0, 0.05) is 7.11 Å². The van der Waals surface area contributed by atoms with E-state index >= 15 is 0 Å². The van der Waals surface area contributed by atoms with Crippen LogP contribution >= 0.6 is 0 Å². The Morgan fingerprint density at radius 2 is 2.21 bits per heavy atom. The minimum absolute atomic E-state index is 0.120. The van der Waals surface area contributed by atoms with Crippen molar-refractivity contribution in [3.8, 4) is 0 Å². The number of rotatable bonds is 6. The molecule has 4 heteroatoms. The lowest BCUT2D eigenvalue weighted by molar-refractivity contribution is -0.145. The van der Waals surface area contributed by atoms with E-state index in [-0.39, 0.29) is 12.1 Å². The molecule has 14 heavy (non-hydrogen) atoms. The molecule has 1 aliphatic rings. The van der Waals surface area contributed by atoms with Gasteiger partial charge in [0.25, 0.3) is 0 Å². The summed E-state index contributed by atoms with van der Waals surface area (Å²) in [6.07, 6.45) is 3.07. The zero-order valence-corrected chi connectivity index (χ0v) is 8.86. The van der Waals surface area contributed by atoms with Gasteiger partial charge in [-0.15, -0.1) is 0 Å². The summed E-state index contributed by atoms with van der Waals surface area (Å²) in [6.45, 7) is 2.16. The molecule has 1 aliphatic carbocycles. The van der Waals surface area contributed by atoms with E-state index in [0.29, 0.717) is 18.9 Å².